The van der Waals surface area contributed by atoms with Crippen LogP contribution < -0.4 is 18.3 Å². The van der Waals surface area contributed by atoms with Crippen LogP contribution in [0.5, 0.6) is 0 Å². The normalized spacial score (nSPS) is 12.4. The molecule has 0 N–H and O–H groups in total. The minimum atomic E-state index is -2.26. The molecule has 0 aliphatic rings. The van der Waals surface area contributed by atoms with Crippen LogP contribution in [-0.4, -0.2) is 19.9 Å². The van der Waals surface area contributed by atoms with Gasteiger partial charge in [0.2, 0.25) is 45.6 Å². The van der Waals surface area contributed by atoms with E-state index in [-0.39, 0.29) is 5.56 Å². The molecule has 12 heteroatoms. The fourth-order valence-corrected chi connectivity index (χ4v) is 16.2. The number of nitrogens with zero attached hydrogens (tertiary/aromatic N) is 8. The first-order valence-electron chi connectivity index (χ1n) is 40.8. The lowest BCUT2D eigenvalue weighted by Crippen LogP contribution is -2.31. The Hall–Kier alpha value is -13.8. The highest BCUT2D eigenvalue weighted by atomic mass is 16.4. The maximum absolute atomic E-state index is 8.10. The molecule has 550 valence electrons. The summed E-state index contributed by atoms with van der Waals surface area (Å²) in [7, 11) is 8.03. The average Bonchev–Trinajstić information content (AvgIpc) is 1.62. The van der Waals surface area contributed by atoms with Crippen LogP contribution in [0.2, 0.25) is 0 Å². The molecule has 0 fully saturated rings. The molecule has 20 rings (SSSR count). The average molecular weight is 1480 g/mol. The van der Waals surface area contributed by atoms with E-state index in [1.54, 1.807) is 43.1 Å². The fourth-order valence-electron chi connectivity index (χ4n) is 16.2. The standard InChI is InChI=1S/C26H23N2O.3C25H21N2O/c1-16-13-17(2)24(25-23(16)20-11-8-12-27-26(20)29-25)22-14-21(18(3)15-28(22)4)19-9-6-5-7-10-19;1-16-11-12-19-20-10-7-13-26-25(20)28-24(19)23(16)22-14-21(17(2)15-27(22)3)18-8-5-4-6-9-18;2*1-16-14-17(2)23(24-22(16)20-10-7-12-26-25(20)28-24)21-15-19(11-13-27(21)3)18-8-5-4-6-9-18/h5-15H,1-4H3;3*4-15H,1-3H3/q4*+1/i;2D3;1D3;. The Morgan fingerprint density at radius 3 is 1.01 bits per heavy atom. The van der Waals surface area contributed by atoms with E-state index in [0.29, 0.717) is 50.3 Å². The van der Waals surface area contributed by atoms with Gasteiger partial charge < -0.3 is 17.7 Å². The number of furan rings is 4. The zero-order valence-electron chi connectivity index (χ0n) is 70.8. The van der Waals surface area contributed by atoms with Gasteiger partial charge in [0.1, 0.15) is 28.2 Å². The lowest BCUT2D eigenvalue weighted by Gasteiger charge is -2.11. The second-order valence-electron chi connectivity index (χ2n) is 29.2. The molecule has 20 aromatic rings. The van der Waals surface area contributed by atoms with Gasteiger partial charge in [-0.05, 0) is 194 Å². The number of hydrogen-bond acceptors (Lipinski definition) is 8. The summed E-state index contributed by atoms with van der Waals surface area (Å²) < 4.78 is 81.7. The molecule has 0 amide bonds. The van der Waals surface area contributed by atoms with Crippen LogP contribution in [0.4, 0.5) is 0 Å². The zero-order chi connectivity index (χ0) is 82.9. The van der Waals surface area contributed by atoms with Crippen LogP contribution in [0.1, 0.15) is 58.3 Å². The third kappa shape index (κ3) is 13.3. The molecule has 0 saturated heterocycles. The summed E-state index contributed by atoms with van der Waals surface area (Å²) in [6.45, 7) is 10.2. The summed E-state index contributed by atoms with van der Waals surface area (Å²) in [4.78, 5) is 17.6. The van der Waals surface area contributed by atoms with Crippen LogP contribution in [0.3, 0.4) is 0 Å². The Balaban J connectivity index is 0.000000114. The Kier molecular flexibility index (Phi) is 17.2. The largest absolute Gasteiger partial charge is 0.437 e. The molecule has 0 atom stereocenters. The smallest absolute Gasteiger partial charge is 0.227 e. The molecule has 0 aliphatic carbocycles. The Morgan fingerprint density at radius 2 is 0.593 bits per heavy atom. The van der Waals surface area contributed by atoms with Gasteiger partial charge in [-0.3, -0.25) is 0 Å². The van der Waals surface area contributed by atoms with Gasteiger partial charge in [0.25, 0.3) is 0 Å². The molecular formula is C101H86N8O4+4. The van der Waals surface area contributed by atoms with Crippen LogP contribution in [0.25, 0.3) is 178 Å². The molecule has 12 heterocycles. The summed E-state index contributed by atoms with van der Waals surface area (Å²) in [5, 5.41) is 7.70. The van der Waals surface area contributed by atoms with E-state index in [9.17, 15) is 0 Å². The molecule has 113 heavy (non-hydrogen) atoms. The third-order valence-corrected chi connectivity index (χ3v) is 21.6. The Bertz CT molecular complexity index is 7340. The summed E-state index contributed by atoms with van der Waals surface area (Å²) in [6, 6.07) is 79.7. The number of pyridine rings is 8. The van der Waals surface area contributed by atoms with Crippen molar-refractivity contribution in [1.29, 1.82) is 0 Å². The first-order valence-corrected chi connectivity index (χ1v) is 37.8. The van der Waals surface area contributed by atoms with Crippen LogP contribution in [0.15, 0.2) is 304 Å². The van der Waals surface area contributed by atoms with E-state index in [1.807, 2.05) is 134 Å². The highest BCUT2D eigenvalue weighted by Crippen LogP contribution is 2.44. The van der Waals surface area contributed by atoms with Crippen molar-refractivity contribution in [2.24, 2.45) is 28.2 Å². The predicted molar refractivity (Wildman–Crippen MR) is 457 cm³/mol. The second-order valence-corrected chi connectivity index (χ2v) is 29.2. The van der Waals surface area contributed by atoms with Crippen molar-refractivity contribution in [2.75, 3.05) is 0 Å². The molecule has 0 unspecified atom stereocenters. The van der Waals surface area contributed by atoms with Crippen molar-refractivity contribution >= 4 is 88.3 Å². The number of rotatable bonds is 8. The van der Waals surface area contributed by atoms with Gasteiger partial charge >= 0.3 is 0 Å². The molecule has 0 radical (unpaired) electrons. The Morgan fingerprint density at radius 1 is 0.257 bits per heavy atom. The molecule has 0 bridgehead atoms. The van der Waals surface area contributed by atoms with E-state index >= 15 is 0 Å². The number of fused-ring (bicyclic) bond motifs is 12. The first-order chi connectivity index (χ1) is 57.4. The molecule has 0 saturated carbocycles. The SMILES string of the molecule is Cc1c[n+](C)c(-c2c(C)cc(C)c3c2oc2ncccc23)cc1-c1ccccc1.Cc1cc(C)c2c(oc3ncccc32)c1-c1cc(-c2ccccc2)cc[n+]1C.[2H]C([2H])([2H])c1c[n+](C)c(-c2c(C)ccc3c2oc2ncccc23)cc1-c1ccccc1.[2H]C([2H])([2H])c1cc(C)c(-c2cc(-c3ccccc3)cc[n+]2C)c2oc3ncccc3c12. The van der Waals surface area contributed by atoms with Gasteiger partial charge in [0, 0.05) is 124 Å². The molecule has 0 spiro atoms. The lowest BCUT2D eigenvalue weighted by atomic mass is 9.94. The van der Waals surface area contributed by atoms with Crippen molar-refractivity contribution in [3.05, 3.63) is 336 Å². The monoisotopic (exact) mass is 1480 g/mol. The van der Waals surface area contributed by atoms with Gasteiger partial charge in [0.05, 0.1) is 22.3 Å². The van der Waals surface area contributed by atoms with E-state index in [4.69, 9.17) is 25.9 Å². The summed E-state index contributed by atoms with van der Waals surface area (Å²) in [5.41, 5.74) is 30.9. The molecular weight excluding hydrogens is 1390 g/mol. The maximum atomic E-state index is 8.10. The topological polar surface area (TPSA) is 120 Å². The fraction of sp³-hybridized carbons (Fsp3) is 0.129. The van der Waals surface area contributed by atoms with Crippen LogP contribution in [0, 0.1) is 62.2 Å². The predicted octanol–water partition coefficient (Wildman–Crippen LogP) is 23.3. The number of aromatic nitrogens is 8. The van der Waals surface area contributed by atoms with Crippen molar-refractivity contribution in [3.8, 4) is 89.5 Å². The van der Waals surface area contributed by atoms with Crippen LogP contribution in [-0.2, 0) is 28.2 Å². The summed E-state index contributed by atoms with van der Waals surface area (Å²) in [5.74, 6) is 0. The van der Waals surface area contributed by atoms with E-state index < -0.39 is 13.7 Å². The Labute approximate surface area is 664 Å². The van der Waals surface area contributed by atoms with Crippen molar-refractivity contribution in [1.82, 2.24) is 19.9 Å². The van der Waals surface area contributed by atoms with Gasteiger partial charge in [-0.1, -0.05) is 152 Å². The number of benzene rings is 8. The molecule has 12 nitrogen and oxygen atoms in total. The van der Waals surface area contributed by atoms with Gasteiger partial charge in [-0.2, -0.15) is 0 Å². The van der Waals surface area contributed by atoms with E-state index in [0.717, 1.165) is 122 Å². The highest BCUT2D eigenvalue weighted by molar-refractivity contribution is 6.14. The quantitative estimate of drug-likeness (QED) is 0.138. The first kappa shape index (κ1) is 65.1. The third-order valence-electron chi connectivity index (χ3n) is 21.6. The molecule has 12 aromatic heterocycles. The van der Waals surface area contributed by atoms with E-state index in [2.05, 4.69) is 224 Å². The van der Waals surface area contributed by atoms with Crippen molar-refractivity contribution in [3.63, 3.8) is 0 Å². The zero-order valence-corrected chi connectivity index (χ0v) is 64.8. The van der Waals surface area contributed by atoms with E-state index in [1.165, 1.54) is 50.1 Å². The lowest BCUT2D eigenvalue weighted by molar-refractivity contribution is -0.660. The minimum absolute atomic E-state index is 0.289. The maximum Gasteiger partial charge on any atom is 0.227 e. The molecule has 0 aliphatic heterocycles. The van der Waals surface area contributed by atoms with Gasteiger partial charge in [-0.25, -0.2) is 38.2 Å². The van der Waals surface area contributed by atoms with Gasteiger partial charge in [0.15, 0.2) is 47.1 Å². The van der Waals surface area contributed by atoms with Crippen molar-refractivity contribution in [2.45, 2.75) is 62.2 Å². The summed E-state index contributed by atoms with van der Waals surface area (Å²) in [6.07, 6.45) is 15.0. The summed E-state index contributed by atoms with van der Waals surface area (Å²) >= 11 is 0. The molecule has 8 aromatic carbocycles. The minimum Gasteiger partial charge on any atom is -0.437 e. The second kappa shape index (κ2) is 29.9. The van der Waals surface area contributed by atoms with Crippen LogP contribution >= 0.6 is 0 Å². The number of aryl methyl sites for hydroxylation is 13. The highest BCUT2D eigenvalue weighted by Gasteiger charge is 2.29. The van der Waals surface area contributed by atoms with Gasteiger partial charge in [-0.15, -0.1) is 0 Å². The van der Waals surface area contributed by atoms with Crippen molar-refractivity contribution < 1.29 is 44.2 Å². The number of hydrogen-bond donors (Lipinski definition) is 0.